The molecule has 13 nitrogen and oxygen atoms in total. The van der Waals surface area contributed by atoms with Gasteiger partial charge in [0.15, 0.2) is 5.69 Å². The highest BCUT2D eigenvalue weighted by molar-refractivity contribution is 6.05. The summed E-state index contributed by atoms with van der Waals surface area (Å²) in [7, 11) is 1.44. The number of amides is 3. The number of nitrogens with one attached hydrogen (secondary N) is 3. The van der Waals surface area contributed by atoms with E-state index in [4.69, 9.17) is 4.74 Å². The van der Waals surface area contributed by atoms with Crippen LogP contribution in [0.15, 0.2) is 78.9 Å². The van der Waals surface area contributed by atoms with Crippen molar-refractivity contribution in [2.75, 3.05) is 12.5 Å². The molecule has 0 bridgehead atoms. The second kappa shape index (κ2) is 10.9. The topological polar surface area (TPSA) is 178 Å². The average molecular weight is 516 g/mol. The van der Waals surface area contributed by atoms with Crippen LogP contribution in [-0.2, 0) is 0 Å². The van der Waals surface area contributed by atoms with E-state index in [0.717, 1.165) is 4.79 Å². The van der Waals surface area contributed by atoms with Crippen molar-refractivity contribution in [1.82, 2.24) is 20.7 Å². The van der Waals surface area contributed by atoms with Gasteiger partial charge >= 0.3 is 6.09 Å². The third-order valence-corrected chi connectivity index (χ3v) is 5.32. The number of rotatable bonds is 7. The van der Waals surface area contributed by atoms with Crippen molar-refractivity contribution in [2.45, 2.75) is 0 Å². The number of nitro groups is 1. The van der Waals surface area contributed by atoms with Crippen LogP contribution in [0.25, 0.3) is 22.4 Å². The van der Waals surface area contributed by atoms with E-state index in [2.05, 4.69) is 16.0 Å². The molecule has 4 rings (SSSR count). The van der Waals surface area contributed by atoms with Gasteiger partial charge in [0, 0.05) is 28.8 Å². The van der Waals surface area contributed by atoms with Gasteiger partial charge in [-0.05, 0) is 23.8 Å². The maximum atomic E-state index is 13.4. The maximum absolute atomic E-state index is 13.4. The Balaban J connectivity index is 1.80. The summed E-state index contributed by atoms with van der Waals surface area (Å²) in [6.45, 7) is 0. The molecule has 0 saturated heterocycles. The number of ether oxygens (including phenoxy) is 1. The first-order valence-electron chi connectivity index (χ1n) is 11.0. The van der Waals surface area contributed by atoms with Gasteiger partial charge in [-0.3, -0.25) is 30.6 Å². The summed E-state index contributed by atoms with van der Waals surface area (Å²) in [6.07, 6.45) is -1.52. The van der Waals surface area contributed by atoms with Crippen LogP contribution in [0, 0.1) is 10.1 Å². The standard InChI is InChI=1S/C25H20N6O7/c1-38-19-12-6-10-17(14-19)23(32)26-27-24(33)22-20(16-9-5-11-18(13-16)31(36)37)21(15-7-3-2-4-8-15)28-30(22)29-25(34)35/h2-14,29H,1H3,(H,26,32)(H,27,33)(H,34,35). The smallest absolute Gasteiger partial charge is 0.425 e. The zero-order valence-electron chi connectivity index (χ0n) is 19.7. The van der Waals surface area contributed by atoms with Gasteiger partial charge in [-0.15, -0.1) is 0 Å². The molecule has 3 amide bonds. The lowest BCUT2D eigenvalue weighted by molar-refractivity contribution is -0.384. The third-order valence-electron chi connectivity index (χ3n) is 5.32. The van der Waals surface area contributed by atoms with Crippen molar-refractivity contribution >= 4 is 23.6 Å². The molecule has 0 aliphatic heterocycles. The summed E-state index contributed by atoms with van der Waals surface area (Å²) < 4.78 is 5.10. The predicted octanol–water partition coefficient (Wildman–Crippen LogP) is 3.43. The number of methoxy groups -OCH3 is 1. The largest absolute Gasteiger partial charge is 0.497 e. The zero-order valence-corrected chi connectivity index (χ0v) is 19.7. The fourth-order valence-electron chi connectivity index (χ4n) is 3.65. The fourth-order valence-corrected chi connectivity index (χ4v) is 3.65. The number of nitrogens with zero attached hydrogens (tertiary/aromatic N) is 3. The number of benzene rings is 3. The SMILES string of the molecule is COc1cccc(C(=O)NNC(=O)c2c(-c3cccc([N+](=O)[O-])c3)c(-c3ccccc3)nn2NC(=O)O)c1. The summed E-state index contributed by atoms with van der Waals surface area (Å²) in [4.78, 5) is 49.1. The first-order chi connectivity index (χ1) is 18.3. The number of hydrazine groups is 1. The van der Waals surface area contributed by atoms with Crippen LogP contribution < -0.4 is 21.0 Å². The van der Waals surface area contributed by atoms with E-state index < -0.39 is 22.8 Å². The Morgan fingerprint density at radius 3 is 2.29 bits per heavy atom. The molecule has 38 heavy (non-hydrogen) atoms. The summed E-state index contributed by atoms with van der Waals surface area (Å²) in [6, 6.07) is 20.2. The third kappa shape index (κ3) is 5.41. The molecule has 4 N–H and O–H groups in total. The molecule has 0 unspecified atom stereocenters. The predicted molar refractivity (Wildman–Crippen MR) is 135 cm³/mol. The lowest BCUT2D eigenvalue weighted by atomic mass is 9.98. The molecule has 3 aromatic carbocycles. The Hall–Kier alpha value is -5.72. The normalized spacial score (nSPS) is 10.3. The second-order valence-electron chi connectivity index (χ2n) is 7.71. The zero-order chi connectivity index (χ0) is 27.2. The summed E-state index contributed by atoms with van der Waals surface area (Å²) in [5, 5.41) is 25.1. The molecular weight excluding hydrogens is 496 g/mol. The lowest BCUT2D eigenvalue weighted by Crippen LogP contribution is -2.43. The van der Waals surface area contributed by atoms with Crippen LogP contribution in [0.4, 0.5) is 10.5 Å². The molecule has 1 aromatic heterocycles. The number of carbonyl (C=O) groups is 3. The molecule has 0 saturated carbocycles. The van der Waals surface area contributed by atoms with E-state index in [-0.39, 0.29) is 33.8 Å². The van der Waals surface area contributed by atoms with Gasteiger partial charge < -0.3 is 9.84 Å². The minimum atomic E-state index is -1.52. The molecule has 0 spiro atoms. The number of carboxylic acid groups (broad SMARTS) is 1. The maximum Gasteiger partial charge on any atom is 0.425 e. The van der Waals surface area contributed by atoms with Crippen LogP contribution in [0.5, 0.6) is 5.75 Å². The fraction of sp³-hybridized carbons (Fsp3) is 0.0400. The minimum absolute atomic E-state index is 0.0989. The van der Waals surface area contributed by atoms with E-state index in [9.17, 15) is 29.6 Å². The Bertz CT molecular complexity index is 1530. The van der Waals surface area contributed by atoms with Gasteiger partial charge in [0.2, 0.25) is 0 Å². The Morgan fingerprint density at radius 1 is 0.921 bits per heavy atom. The second-order valence-corrected chi connectivity index (χ2v) is 7.71. The molecule has 0 aliphatic carbocycles. The molecule has 0 fully saturated rings. The van der Waals surface area contributed by atoms with Crippen molar-refractivity contribution < 1.29 is 29.2 Å². The van der Waals surface area contributed by atoms with Crippen LogP contribution in [-0.4, -0.2) is 44.9 Å². The minimum Gasteiger partial charge on any atom is -0.497 e. The first-order valence-corrected chi connectivity index (χ1v) is 11.0. The number of nitro benzene ring substituents is 1. The number of non-ortho nitro benzene ring substituents is 1. The van der Waals surface area contributed by atoms with Crippen molar-refractivity contribution in [3.8, 4) is 28.1 Å². The lowest BCUT2D eigenvalue weighted by Gasteiger charge is -2.11. The van der Waals surface area contributed by atoms with Gasteiger partial charge in [0.25, 0.3) is 17.5 Å². The average Bonchev–Trinajstić information content (AvgIpc) is 3.30. The van der Waals surface area contributed by atoms with Gasteiger partial charge in [0.1, 0.15) is 11.4 Å². The summed E-state index contributed by atoms with van der Waals surface area (Å²) in [5.74, 6) is -1.19. The van der Waals surface area contributed by atoms with Crippen molar-refractivity contribution in [3.63, 3.8) is 0 Å². The van der Waals surface area contributed by atoms with E-state index in [1.54, 1.807) is 42.5 Å². The molecular formula is C25H20N6O7. The molecule has 13 heteroatoms. The van der Waals surface area contributed by atoms with E-state index in [1.165, 1.54) is 43.5 Å². The monoisotopic (exact) mass is 516 g/mol. The number of aromatic nitrogens is 2. The van der Waals surface area contributed by atoms with Crippen molar-refractivity contribution in [2.24, 2.45) is 0 Å². The molecule has 0 atom stereocenters. The van der Waals surface area contributed by atoms with Crippen molar-refractivity contribution in [1.29, 1.82) is 0 Å². The highest BCUT2D eigenvalue weighted by Gasteiger charge is 2.28. The Kier molecular flexibility index (Phi) is 7.28. The van der Waals surface area contributed by atoms with E-state index in [1.807, 2.05) is 5.43 Å². The highest BCUT2D eigenvalue weighted by atomic mass is 16.6. The quantitative estimate of drug-likeness (QED) is 0.213. The van der Waals surface area contributed by atoms with Crippen molar-refractivity contribution in [3.05, 3.63) is 100 Å². The molecule has 1 heterocycles. The van der Waals surface area contributed by atoms with Gasteiger partial charge in [-0.25, -0.2) is 10.2 Å². The first kappa shape index (κ1) is 25.4. The van der Waals surface area contributed by atoms with Gasteiger partial charge in [0.05, 0.1) is 12.0 Å². The molecule has 0 radical (unpaired) electrons. The highest BCUT2D eigenvalue weighted by Crippen LogP contribution is 2.35. The van der Waals surface area contributed by atoms with Crippen LogP contribution >= 0.6 is 0 Å². The Labute approximate surface area is 214 Å². The van der Waals surface area contributed by atoms with E-state index in [0.29, 0.717) is 11.3 Å². The molecule has 0 aliphatic rings. The Morgan fingerprint density at radius 2 is 1.61 bits per heavy atom. The molecule has 192 valence electrons. The number of hydrogen-bond acceptors (Lipinski definition) is 7. The van der Waals surface area contributed by atoms with Crippen LogP contribution in [0.3, 0.4) is 0 Å². The van der Waals surface area contributed by atoms with Gasteiger partial charge in [-0.1, -0.05) is 48.5 Å². The van der Waals surface area contributed by atoms with Crippen LogP contribution in [0.1, 0.15) is 20.8 Å². The summed E-state index contributed by atoms with van der Waals surface area (Å²) >= 11 is 0. The summed E-state index contributed by atoms with van der Waals surface area (Å²) in [5.41, 5.74) is 7.16. The van der Waals surface area contributed by atoms with E-state index >= 15 is 0 Å². The molecule has 4 aromatic rings. The van der Waals surface area contributed by atoms with Crippen LogP contribution in [0.2, 0.25) is 0 Å². The number of hydrogen-bond donors (Lipinski definition) is 4. The number of carbonyl (C=O) groups excluding carboxylic acids is 2. The van der Waals surface area contributed by atoms with Gasteiger partial charge in [-0.2, -0.15) is 9.89 Å².